The molecule has 21 heavy (non-hydrogen) atoms. The van der Waals surface area contributed by atoms with Gasteiger partial charge in [-0.3, -0.25) is 4.90 Å². The second-order valence-electron chi connectivity index (χ2n) is 6.25. The average Bonchev–Trinajstić information content (AvgIpc) is 3.19. The van der Waals surface area contributed by atoms with Gasteiger partial charge in [-0.15, -0.1) is 0 Å². The summed E-state index contributed by atoms with van der Waals surface area (Å²) in [4.78, 5) is 25.5. The van der Waals surface area contributed by atoms with E-state index in [1.54, 1.807) is 29.2 Å². The van der Waals surface area contributed by atoms with Crippen molar-refractivity contribution in [1.82, 2.24) is 4.90 Å². The summed E-state index contributed by atoms with van der Waals surface area (Å²) in [6.45, 7) is 5.44. The van der Waals surface area contributed by atoms with Gasteiger partial charge in [-0.2, -0.15) is 0 Å². The smallest absolute Gasteiger partial charge is 0.411 e. The van der Waals surface area contributed by atoms with Crippen LogP contribution in [0.4, 0.5) is 4.79 Å². The van der Waals surface area contributed by atoms with E-state index in [1.807, 2.05) is 20.8 Å². The van der Waals surface area contributed by atoms with E-state index in [2.05, 4.69) is 0 Å². The lowest BCUT2D eigenvalue weighted by Gasteiger charge is -2.31. The first-order valence-electron chi connectivity index (χ1n) is 7.04. The molecular weight excluding hydrogens is 290 g/mol. The van der Waals surface area contributed by atoms with E-state index in [0.29, 0.717) is 5.02 Å². The maximum absolute atomic E-state index is 12.4. The first-order chi connectivity index (χ1) is 9.81. The zero-order valence-electron chi connectivity index (χ0n) is 12.5. The molecule has 0 radical (unpaired) electrons. The molecule has 1 atom stereocenters. The summed E-state index contributed by atoms with van der Waals surface area (Å²) in [5, 5.41) is 0.596. The molecule has 0 aliphatic heterocycles. The Bertz CT molecular complexity index is 517. The van der Waals surface area contributed by atoms with Gasteiger partial charge >= 0.3 is 6.09 Å². The number of halogens is 1. The summed E-state index contributed by atoms with van der Waals surface area (Å²) in [5.74, 6) is 0. The molecule has 114 valence electrons. The molecule has 0 saturated heterocycles. The highest BCUT2D eigenvalue weighted by Gasteiger charge is 2.40. The molecule has 0 aromatic heterocycles. The summed E-state index contributed by atoms with van der Waals surface area (Å²) in [6, 6.07) is 6.40. The number of hydrogen-bond acceptors (Lipinski definition) is 3. The van der Waals surface area contributed by atoms with E-state index in [9.17, 15) is 9.59 Å². The number of nitrogens with zero attached hydrogens (tertiary/aromatic N) is 1. The third-order valence-corrected chi connectivity index (χ3v) is 3.44. The minimum absolute atomic E-state index is 0.0747. The highest BCUT2D eigenvalue weighted by Crippen LogP contribution is 2.35. The highest BCUT2D eigenvalue weighted by molar-refractivity contribution is 6.30. The maximum Gasteiger partial charge on any atom is 0.411 e. The molecule has 1 aromatic rings. The number of benzene rings is 1. The second kappa shape index (κ2) is 6.06. The molecule has 0 spiro atoms. The molecule has 0 N–H and O–H groups in total. The van der Waals surface area contributed by atoms with Crippen LogP contribution >= 0.6 is 11.6 Å². The average molecular weight is 310 g/mol. The van der Waals surface area contributed by atoms with E-state index in [4.69, 9.17) is 16.3 Å². The Labute approximate surface area is 130 Å². The van der Waals surface area contributed by atoms with Gasteiger partial charge in [0.25, 0.3) is 0 Å². The molecule has 0 heterocycles. The van der Waals surface area contributed by atoms with E-state index in [-0.39, 0.29) is 6.04 Å². The van der Waals surface area contributed by atoms with Crippen LogP contribution in [-0.4, -0.2) is 28.9 Å². The van der Waals surface area contributed by atoms with E-state index in [1.165, 1.54) is 0 Å². The molecule has 0 bridgehead atoms. The topological polar surface area (TPSA) is 46.6 Å². The van der Waals surface area contributed by atoms with Crippen molar-refractivity contribution in [3.8, 4) is 0 Å². The Morgan fingerprint density at radius 2 is 1.90 bits per heavy atom. The third-order valence-electron chi connectivity index (χ3n) is 3.18. The number of rotatable bonds is 4. The van der Waals surface area contributed by atoms with Gasteiger partial charge in [0.1, 0.15) is 17.9 Å². The van der Waals surface area contributed by atoms with Crippen molar-refractivity contribution in [3.63, 3.8) is 0 Å². The van der Waals surface area contributed by atoms with Crippen molar-refractivity contribution in [2.45, 2.75) is 51.3 Å². The van der Waals surface area contributed by atoms with Crippen LogP contribution in [0.3, 0.4) is 0 Å². The quantitative estimate of drug-likeness (QED) is 0.790. The fourth-order valence-corrected chi connectivity index (χ4v) is 2.25. The van der Waals surface area contributed by atoms with Gasteiger partial charge in [-0.25, -0.2) is 4.79 Å². The Morgan fingerprint density at radius 1 is 1.33 bits per heavy atom. The van der Waals surface area contributed by atoms with E-state index in [0.717, 1.165) is 24.7 Å². The van der Waals surface area contributed by atoms with Crippen molar-refractivity contribution in [2.24, 2.45) is 0 Å². The zero-order valence-corrected chi connectivity index (χ0v) is 13.3. The molecule has 1 aliphatic rings. The Morgan fingerprint density at radius 3 is 2.33 bits per heavy atom. The molecule has 1 aliphatic carbocycles. The van der Waals surface area contributed by atoms with Crippen LogP contribution in [-0.2, 0) is 9.53 Å². The van der Waals surface area contributed by atoms with Crippen LogP contribution < -0.4 is 0 Å². The number of amides is 1. The van der Waals surface area contributed by atoms with E-state index < -0.39 is 17.7 Å². The first kappa shape index (κ1) is 15.8. The number of hydrogen-bond donors (Lipinski definition) is 0. The van der Waals surface area contributed by atoms with Gasteiger partial charge in [0.15, 0.2) is 0 Å². The minimum Gasteiger partial charge on any atom is -0.444 e. The number of aldehydes is 1. The standard InChI is InChI=1S/C16H20ClNO3/c1-16(2,3)21-15(20)18(13-8-9-13)14(10-19)11-4-6-12(17)7-5-11/h4-7,10,13-14H,8-9H2,1-3H3. The van der Waals surface area contributed by atoms with Crippen LogP contribution in [0.1, 0.15) is 45.2 Å². The lowest BCUT2D eigenvalue weighted by molar-refractivity contribution is -0.113. The van der Waals surface area contributed by atoms with Gasteiger partial charge in [-0.05, 0) is 51.3 Å². The molecule has 1 aromatic carbocycles. The first-order valence-corrected chi connectivity index (χ1v) is 7.41. The zero-order chi connectivity index (χ0) is 15.6. The number of ether oxygens (including phenoxy) is 1. The molecule has 1 fully saturated rings. The van der Waals surface area contributed by atoms with Gasteiger partial charge in [0, 0.05) is 11.1 Å². The predicted octanol–water partition coefficient (Wildman–Crippen LogP) is 3.98. The third kappa shape index (κ3) is 4.21. The van der Waals surface area contributed by atoms with Gasteiger partial charge in [0.2, 0.25) is 0 Å². The molecule has 1 saturated carbocycles. The van der Waals surface area contributed by atoms with Crippen molar-refractivity contribution in [1.29, 1.82) is 0 Å². The van der Waals surface area contributed by atoms with Crippen molar-refractivity contribution in [3.05, 3.63) is 34.9 Å². The second-order valence-corrected chi connectivity index (χ2v) is 6.69. The van der Waals surface area contributed by atoms with Crippen molar-refractivity contribution in [2.75, 3.05) is 0 Å². The Hall–Kier alpha value is -1.55. The summed E-state index contributed by atoms with van der Waals surface area (Å²) in [7, 11) is 0. The van der Waals surface area contributed by atoms with Gasteiger partial charge in [0.05, 0.1) is 0 Å². The fraction of sp³-hybridized carbons (Fsp3) is 0.500. The summed E-state index contributed by atoms with van der Waals surface area (Å²) in [6.07, 6.45) is 2.14. The SMILES string of the molecule is CC(C)(C)OC(=O)N(C1CC1)C(C=O)c1ccc(Cl)cc1. The largest absolute Gasteiger partial charge is 0.444 e. The number of carbonyl (C=O) groups is 2. The predicted molar refractivity (Wildman–Crippen MR) is 81.4 cm³/mol. The van der Waals surface area contributed by atoms with Crippen LogP contribution in [0.2, 0.25) is 5.02 Å². The minimum atomic E-state index is -0.635. The van der Waals surface area contributed by atoms with Crippen LogP contribution in [0.5, 0.6) is 0 Å². The summed E-state index contributed by atoms with van der Waals surface area (Å²) in [5.41, 5.74) is 0.157. The Balaban J connectivity index is 2.24. The van der Waals surface area contributed by atoms with Crippen LogP contribution in [0.15, 0.2) is 24.3 Å². The summed E-state index contributed by atoms with van der Waals surface area (Å²) >= 11 is 5.87. The molecular formula is C16H20ClNO3. The lowest BCUT2D eigenvalue weighted by atomic mass is 10.1. The maximum atomic E-state index is 12.4. The van der Waals surface area contributed by atoms with Gasteiger partial charge < -0.3 is 9.53 Å². The van der Waals surface area contributed by atoms with Gasteiger partial charge in [-0.1, -0.05) is 23.7 Å². The monoisotopic (exact) mass is 309 g/mol. The highest BCUT2D eigenvalue weighted by atomic mass is 35.5. The normalized spacial score (nSPS) is 16.2. The van der Waals surface area contributed by atoms with Crippen molar-refractivity contribution < 1.29 is 14.3 Å². The van der Waals surface area contributed by atoms with Crippen LogP contribution in [0, 0.1) is 0 Å². The van der Waals surface area contributed by atoms with Crippen molar-refractivity contribution >= 4 is 24.0 Å². The number of carbonyl (C=O) groups excluding carboxylic acids is 2. The molecule has 5 heteroatoms. The molecule has 4 nitrogen and oxygen atoms in total. The lowest BCUT2D eigenvalue weighted by Crippen LogP contribution is -2.41. The molecule has 1 amide bonds. The van der Waals surface area contributed by atoms with Crippen LogP contribution in [0.25, 0.3) is 0 Å². The summed E-state index contributed by atoms with van der Waals surface area (Å²) < 4.78 is 5.43. The molecule has 2 rings (SSSR count). The fourth-order valence-electron chi connectivity index (χ4n) is 2.12. The van der Waals surface area contributed by atoms with E-state index >= 15 is 0 Å². The molecule has 1 unspecified atom stereocenters. The Kier molecular flexibility index (Phi) is 4.57.